The van der Waals surface area contributed by atoms with E-state index in [4.69, 9.17) is 0 Å². The number of anilines is 2. The lowest BCUT2D eigenvalue weighted by Gasteiger charge is -2.13. The third-order valence-electron chi connectivity index (χ3n) is 5.03. The molecule has 1 heterocycles. The zero-order valence-corrected chi connectivity index (χ0v) is 14.1. The largest absolute Gasteiger partial charge is 0.354 e. The second kappa shape index (κ2) is 5.38. The second-order valence-corrected chi connectivity index (χ2v) is 6.78. The lowest BCUT2D eigenvalue weighted by atomic mass is 10.0. The molecule has 23 heavy (non-hydrogen) atoms. The first-order chi connectivity index (χ1) is 11.1. The Bertz CT molecular complexity index is 909. The van der Waals surface area contributed by atoms with Gasteiger partial charge in [-0.1, -0.05) is 12.1 Å². The summed E-state index contributed by atoms with van der Waals surface area (Å²) in [5.74, 6) is 0. The highest BCUT2D eigenvalue weighted by Crippen LogP contribution is 2.34. The molecule has 4 rings (SSSR count). The summed E-state index contributed by atoms with van der Waals surface area (Å²) in [4.78, 5) is 3.64. The number of hydrogen-bond acceptors (Lipinski definition) is 1. The van der Waals surface area contributed by atoms with Crippen LogP contribution in [0.3, 0.4) is 0 Å². The molecule has 0 atom stereocenters. The van der Waals surface area contributed by atoms with Gasteiger partial charge in [-0.15, -0.1) is 0 Å². The predicted molar refractivity (Wildman–Crippen MR) is 96.5 cm³/mol. The number of hydrogen-bond donors (Lipinski definition) is 1. The molecule has 0 unspecified atom stereocenters. The molecule has 2 nitrogen and oxygen atoms in total. The first-order valence-electron chi connectivity index (χ1n) is 8.43. The highest BCUT2D eigenvalue weighted by atomic mass is 14.9. The van der Waals surface area contributed by atoms with Crippen molar-refractivity contribution in [1.82, 2.24) is 0 Å². The summed E-state index contributed by atoms with van der Waals surface area (Å²) in [5, 5.41) is 5.02. The van der Waals surface area contributed by atoms with Gasteiger partial charge in [-0.3, -0.25) is 0 Å². The molecule has 1 aliphatic rings. The van der Waals surface area contributed by atoms with E-state index in [0.717, 1.165) is 12.8 Å². The molecular weight excluding hydrogens is 280 g/mol. The summed E-state index contributed by atoms with van der Waals surface area (Å²) < 4.78 is 0. The van der Waals surface area contributed by atoms with Gasteiger partial charge in [-0.05, 0) is 68.5 Å². The Labute approximate surface area is 137 Å². The minimum absolute atomic E-state index is 1.15. The van der Waals surface area contributed by atoms with Crippen LogP contribution < -0.4 is 10.3 Å². The van der Waals surface area contributed by atoms with Gasteiger partial charge in [-0.25, -0.2) is 4.98 Å². The fraction of sp³-hybridized carbons (Fsp3) is 0.286. The molecule has 0 spiro atoms. The lowest BCUT2D eigenvalue weighted by molar-refractivity contribution is -0.356. The van der Waals surface area contributed by atoms with Crippen molar-refractivity contribution < 1.29 is 4.98 Å². The van der Waals surface area contributed by atoms with Crippen molar-refractivity contribution in [2.45, 2.75) is 40.0 Å². The van der Waals surface area contributed by atoms with Crippen molar-refractivity contribution >= 4 is 22.3 Å². The van der Waals surface area contributed by atoms with Crippen LogP contribution >= 0.6 is 0 Å². The number of pyridine rings is 1. The van der Waals surface area contributed by atoms with Crippen molar-refractivity contribution in [2.24, 2.45) is 0 Å². The molecule has 0 aliphatic heterocycles. The zero-order chi connectivity index (χ0) is 16.0. The molecule has 0 amide bonds. The predicted octanol–water partition coefficient (Wildman–Crippen LogP) is 4.81. The first kappa shape index (κ1) is 14.3. The average molecular weight is 303 g/mol. The van der Waals surface area contributed by atoms with Crippen molar-refractivity contribution in [3.05, 3.63) is 64.3 Å². The Hall–Kier alpha value is -2.35. The molecule has 0 saturated heterocycles. The van der Waals surface area contributed by atoms with E-state index < -0.39 is 0 Å². The summed E-state index contributed by atoms with van der Waals surface area (Å²) in [5.41, 5.74) is 10.5. The van der Waals surface area contributed by atoms with Crippen LogP contribution in [0.2, 0.25) is 0 Å². The van der Waals surface area contributed by atoms with Gasteiger partial charge in [0.15, 0.2) is 5.69 Å². The quantitative estimate of drug-likeness (QED) is 0.722. The number of nitrogens with one attached hydrogen (secondary N) is 2. The van der Waals surface area contributed by atoms with Crippen LogP contribution in [0.4, 0.5) is 11.4 Å². The van der Waals surface area contributed by atoms with E-state index in [1.807, 2.05) is 0 Å². The molecule has 0 radical (unpaired) electrons. The smallest absolute Gasteiger partial charge is 0.213 e. The van der Waals surface area contributed by atoms with Crippen LogP contribution in [0.5, 0.6) is 0 Å². The maximum atomic E-state index is 3.72. The molecular formula is C21H23N2+. The molecule has 2 aromatic carbocycles. The molecule has 2 N–H and O–H groups in total. The van der Waals surface area contributed by atoms with Crippen molar-refractivity contribution in [3.63, 3.8) is 0 Å². The van der Waals surface area contributed by atoms with Gasteiger partial charge >= 0.3 is 0 Å². The molecule has 2 heteroatoms. The second-order valence-electron chi connectivity index (χ2n) is 6.78. The summed E-state index contributed by atoms with van der Waals surface area (Å²) in [6, 6.07) is 13.3. The Morgan fingerprint density at radius 1 is 0.913 bits per heavy atom. The van der Waals surface area contributed by atoms with Crippen LogP contribution in [0.25, 0.3) is 10.9 Å². The Balaban J connectivity index is 1.90. The lowest BCUT2D eigenvalue weighted by Crippen LogP contribution is -2.14. The van der Waals surface area contributed by atoms with Crippen LogP contribution in [0, 0.1) is 20.8 Å². The van der Waals surface area contributed by atoms with E-state index in [1.54, 1.807) is 0 Å². The molecule has 0 saturated carbocycles. The van der Waals surface area contributed by atoms with E-state index in [1.165, 1.54) is 56.6 Å². The third-order valence-corrected chi connectivity index (χ3v) is 5.03. The average Bonchev–Trinajstić information content (AvgIpc) is 2.99. The molecule has 0 bridgehead atoms. The van der Waals surface area contributed by atoms with Gasteiger partial charge in [0.1, 0.15) is 0 Å². The topological polar surface area (TPSA) is 26.2 Å². The highest BCUT2D eigenvalue weighted by molar-refractivity contribution is 5.94. The van der Waals surface area contributed by atoms with Crippen LogP contribution in [0.1, 0.15) is 34.4 Å². The fourth-order valence-corrected chi connectivity index (χ4v) is 3.56. The number of aromatic amines is 1. The number of H-pyrrole nitrogens is 1. The standard InChI is InChI=1S/C21H22N2/c1-13-7-10-20-18(11-13)21(17-5-4-6-19(17)23-20)22-16-9-8-14(2)15(3)12-16/h7-12H,4-6H2,1-3H3,(H,22,23)/p+1. The zero-order valence-electron chi connectivity index (χ0n) is 14.1. The van der Waals surface area contributed by atoms with Crippen molar-refractivity contribution in [1.29, 1.82) is 0 Å². The van der Waals surface area contributed by atoms with E-state index in [2.05, 4.69) is 67.5 Å². The first-order valence-corrected chi connectivity index (χ1v) is 8.43. The Morgan fingerprint density at radius 3 is 2.61 bits per heavy atom. The van der Waals surface area contributed by atoms with Gasteiger partial charge in [0, 0.05) is 23.7 Å². The van der Waals surface area contributed by atoms with Crippen LogP contribution in [-0.2, 0) is 12.8 Å². The summed E-state index contributed by atoms with van der Waals surface area (Å²) in [7, 11) is 0. The van der Waals surface area contributed by atoms with Gasteiger partial charge < -0.3 is 5.32 Å². The fourth-order valence-electron chi connectivity index (χ4n) is 3.56. The molecule has 116 valence electrons. The highest BCUT2D eigenvalue weighted by Gasteiger charge is 2.24. The van der Waals surface area contributed by atoms with E-state index in [0.29, 0.717) is 0 Å². The molecule has 0 fully saturated rings. The van der Waals surface area contributed by atoms with Crippen molar-refractivity contribution in [2.75, 3.05) is 5.32 Å². The third kappa shape index (κ3) is 2.48. The summed E-state index contributed by atoms with van der Waals surface area (Å²) in [6.45, 7) is 6.49. The summed E-state index contributed by atoms with van der Waals surface area (Å²) >= 11 is 0. The van der Waals surface area contributed by atoms with Gasteiger partial charge in [0.2, 0.25) is 5.52 Å². The minimum atomic E-state index is 1.15. The number of fused-ring (bicyclic) bond motifs is 2. The monoisotopic (exact) mass is 303 g/mol. The molecule has 1 aromatic heterocycles. The van der Waals surface area contributed by atoms with Crippen LogP contribution in [-0.4, -0.2) is 0 Å². The van der Waals surface area contributed by atoms with E-state index in [9.17, 15) is 0 Å². The minimum Gasteiger partial charge on any atom is -0.354 e. The number of aromatic nitrogens is 1. The van der Waals surface area contributed by atoms with Gasteiger partial charge in [-0.2, -0.15) is 0 Å². The molecule has 1 aliphatic carbocycles. The maximum Gasteiger partial charge on any atom is 0.213 e. The SMILES string of the molecule is Cc1ccc2[nH+]c3c(c(Nc4ccc(C)c(C)c4)c2c1)CCC3. The van der Waals surface area contributed by atoms with Crippen molar-refractivity contribution in [3.8, 4) is 0 Å². The van der Waals surface area contributed by atoms with E-state index in [-0.39, 0.29) is 0 Å². The molecule has 3 aromatic rings. The van der Waals surface area contributed by atoms with E-state index >= 15 is 0 Å². The maximum absolute atomic E-state index is 3.72. The van der Waals surface area contributed by atoms with Gasteiger partial charge in [0.05, 0.1) is 11.1 Å². The normalized spacial score (nSPS) is 13.3. The van der Waals surface area contributed by atoms with Crippen LogP contribution in [0.15, 0.2) is 36.4 Å². The van der Waals surface area contributed by atoms with Gasteiger partial charge in [0.25, 0.3) is 0 Å². The number of aryl methyl sites for hydroxylation is 4. The number of benzene rings is 2. The summed E-state index contributed by atoms with van der Waals surface area (Å²) in [6.07, 6.45) is 3.55. The Morgan fingerprint density at radius 2 is 1.78 bits per heavy atom. The Kier molecular flexibility index (Phi) is 3.33. The number of rotatable bonds is 2.